The van der Waals surface area contributed by atoms with Crippen LogP contribution in [0.25, 0.3) is 11.0 Å². The summed E-state index contributed by atoms with van der Waals surface area (Å²) in [5.41, 5.74) is 1.88. The van der Waals surface area contributed by atoms with Gasteiger partial charge < -0.3 is 20.2 Å². The van der Waals surface area contributed by atoms with Gasteiger partial charge in [-0.15, -0.1) is 0 Å². The molecule has 1 aromatic heterocycles. The molecular weight excluding hydrogens is 292 g/mol. The van der Waals surface area contributed by atoms with Crippen LogP contribution in [-0.2, 0) is 0 Å². The molecule has 1 heterocycles. The number of rotatable bonds is 3. The maximum atomic E-state index is 12.2. The van der Waals surface area contributed by atoms with Crippen LogP contribution in [0.5, 0.6) is 0 Å². The molecule has 5 heteroatoms. The molecule has 0 spiro atoms. The van der Waals surface area contributed by atoms with Crippen LogP contribution in [0.15, 0.2) is 28.7 Å². The average Bonchev–Trinajstić information content (AvgIpc) is 2.87. The fourth-order valence-corrected chi connectivity index (χ4v) is 3.36. The van der Waals surface area contributed by atoms with Crippen molar-refractivity contribution in [3.8, 4) is 0 Å². The standard InChI is InChI=1S/C18H24N2O3/c1-11-13-7-3-6-10-16(13)23-17(11)12(2)19-18(22)20-14-8-4-5-9-15(14)21/h3,6-7,10,12,14-15,21H,4-5,8-9H2,1-2H3,(H2,19,20,22). The lowest BCUT2D eigenvalue weighted by molar-refractivity contribution is 0.0940. The molecule has 2 aromatic rings. The number of para-hydroxylation sites is 1. The molecule has 0 bridgehead atoms. The molecule has 0 radical (unpaired) electrons. The van der Waals surface area contributed by atoms with Crippen LogP contribution in [0.4, 0.5) is 4.79 Å². The van der Waals surface area contributed by atoms with E-state index >= 15 is 0 Å². The molecular formula is C18H24N2O3. The van der Waals surface area contributed by atoms with Crippen LogP contribution in [-0.4, -0.2) is 23.3 Å². The molecule has 0 aliphatic heterocycles. The largest absolute Gasteiger partial charge is 0.459 e. The van der Waals surface area contributed by atoms with E-state index in [-0.39, 0.29) is 18.1 Å². The highest BCUT2D eigenvalue weighted by Gasteiger charge is 2.25. The minimum atomic E-state index is -0.447. The Morgan fingerprint density at radius 2 is 2.04 bits per heavy atom. The number of aryl methyl sites for hydroxylation is 1. The summed E-state index contributed by atoms with van der Waals surface area (Å²) in [6.45, 7) is 3.91. The molecule has 3 N–H and O–H groups in total. The number of carbonyl (C=O) groups is 1. The highest BCUT2D eigenvalue weighted by Crippen LogP contribution is 2.29. The molecule has 3 unspecified atom stereocenters. The molecule has 3 atom stereocenters. The maximum absolute atomic E-state index is 12.2. The molecule has 1 saturated carbocycles. The second kappa shape index (κ2) is 6.62. The fraction of sp³-hybridized carbons (Fsp3) is 0.500. The zero-order chi connectivity index (χ0) is 16.4. The van der Waals surface area contributed by atoms with Crippen molar-refractivity contribution in [1.82, 2.24) is 10.6 Å². The molecule has 1 aliphatic rings. The predicted octanol–water partition coefficient (Wildman–Crippen LogP) is 3.40. The van der Waals surface area contributed by atoms with E-state index in [4.69, 9.17) is 4.42 Å². The minimum Gasteiger partial charge on any atom is -0.459 e. The van der Waals surface area contributed by atoms with Crippen molar-refractivity contribution >= 4 is 17.0 Å². The van der Waals surface area contributed by atoms with Crippen molar-refractivity contribution in [2.75, 3.05) is 0 Å². The van der Waals surface area contributed by atoms with E-state index in [0.717, 1.165) is 48.0 Å². The smallest absolute Gasteiger partial charge is 0.315 e. The Labute approximate surface area is 136 Å². The summed E-state index contributed by atoms with van der Waals surface area (Å²) >= 11 is 0. The molecule has 3 rings (SSSR count). The van der Waals surface area contributed by atoms with Gasteiger partial charge in [-0.1, -0.05) is 31.0 Å². The average molecular weight is 316 g/mol. The van der Waals surface area contributed by atoms with Crippen LogP contribution >= 0.6 is 0 Å². The third-order valence-corrected chi connectivity index (χ3v) is 4.67. The van der Waals surface area contributed by atoms with Gasteiger partial charge in [-0.3, -0.25) is 0 Å². The summed E-state index contributed by atoms with van der Waals surface area (Å²) < 4.78 is 5.88. The lowest BCUT2D eigenvalue weighted by Crippen LogP contribution is -2.49. The van der Waals surface area contributed by atoms with Gasteiger partial charge in [-0.05, 0) is 32.8 Å². The minimum absolute atomic E-state index is 0.160. The summed E-state index contributed by atoms with van der Waals surface area (Å²) in [4.78, 5) is 12.2. The number of aliphatic hydroxyl groups is 1. The van der Waals surface area contributed by atoms with Gasteiger partial charge in [0.25, 0.3) is 0 Å². The van der Waals surface area contributed by atoms with Crippen LogP contribution < -0.4 is 10.6 Å². The summed E-state index contributed by atoms with van der Waals surface area (Å²) in [5.74, 6) is 0.769. The quantitative estimate of drug-likeness (QED) is 0.812. The first-order valence-corrected chi connectivity index (χ1v) is 8.29. The molecule has 1 fully saturated rings. The Hall–Kier alpha value is -2.01. The van der Waals surface area contributed by atoms with Crippen LogP contribution in [0.3, 0.4) is 0 Å². The van der Waals surface area contributed by atoms with Gasteiger partial charge in [0.1, 0.15) is 11.3 Å². The topological polar surface area (TPSA) is 74.5 Å². The molecule has 124 valence electrons. The zero-order valence-electron chi connectivity index (χ0n) is 13.6. The van der Waals surface area contributed by atoms with E-state index in [2.05, 4.69) is 10.6 Å². The highest BCUT2D eigenvalue weighted by atomic mass is 16.3. The number of hydrogen-bond acceptors (Lipinski definition) is 3. The molecule has 0 saturated heterocycles. The van der Waals surface area contributed by atoms with Crippen LogP contribution in [0, 0.1) is 6.92 Å². The molecule has 1 aromatic carbocycles. The van der Waals surface area contributed by atoms with E-state index in [1.807, 2.05) is 38.1 Å². The van der Waals surface area contributed by atoms with Crippen molar-refractivity contribution in [2.24, 2.45) is 0 Å². The van der Waals surface area contributed by atoms with E-state index in [0.29, 0.717) is 0 Å². The number of fused-ring (bicyclic) bond motifs is 1. The number of carbonyl (C=O) groups excluding carboxylic acids is 1. The van der Waals surface area contributed by atoms with Gasteiger partial charge in [0, 0.05) is 10.9 Å². The summed E-state index contributed by atoms with van der Waals surface area (Å²) in [7, 11) is 0. The first-order valence-electron chi connectivity index (χ1n) is 8.29. The number of benzene rings is 1. The van der Waals surface area contributed by atoms with Crippen molar-refractivity contribution in [1.29, 1.82) is 0 Å². The summed E-state index contributed by atoms with van der Waals surface area (Å²) in [5, 5.41) is 16.8. The van der Waals surface area contributed by atoms with Gasteiger partial charge in [-0.25, -0.2) is 4.79 Å². The number of aliphatic hydroxyl groups excluding tert-OH is 1. The molecule has 2 amide bonds. The first kappa shape index (κ1) is 15.9. The number of hydrogen-bond donors (Lipinski definition) is 3. The van der Waals surface area contributed by atoms with Crippen molar-refractivity contribution < 1.29 is 14.3 Å². The monoisotopic (exact) mass is 316 g/mol. The number of furan rings is 1. The van der Waals surface area contributed by atoms with Crippen molar-refractivity contribution in [3.63, 3.8) is 0 Å². The first-order chi connectivity index (χ1) is 11.1. The normalized spacial score (nSPS) is 22.7. The summed E-state index contributed by atoms with van der Waals surface area (Å²) in [6.07, 6.45) is 3.20. The lowest BCUT2D eigenvalue weighted by Gasteiger charge is -2.28. The Kier molecular flexibility index (Phi) is 4.57. The van der Waals surface area contributed by atoms with Gasteiger partial charge in [0.05, 0.1) is 18.2 Å². The van der Waals surface area contributed by atoms with Gasteiger partial charge in [-0.2, -0.15) is 0 Å². The van der Waals surface area contributed by atoms with E-state index in [1.54, 1.807) is 0 Å². The van der Waals surface area contributed by atoms with Crippen LogP contribution in [0.2, 0.25) is 0 Å². The van der Waals surface area contributed by atoms with Crippen LogP contribution in [0.1, 0.15) is 50.0 Å². The lowest BCUT2D eigenvalue weighted by atomic mass is 9.93. The van der Waals surface area contributed by atoms with Gasteiger partial charge in [0.15, 0.2) is 0 Å². The van der Waals surface area contributed by atoms with E-state index in [1.165, 1.54) is 0 Å². The zero-order valence-corrected chi connectivity index (χ0v) is 13.6. The number of urea groups is 1. The molecule has 23 heavy (non-hydrogen) atoms. The van der Waals surface area contributed by atoms with E-state index in [9.17, 15) is 9.90 Å². The highest BCUT2D eigenvalue weighted by molar-refractivity contribution is 5.82. The van der Waals surface area contributed by atoms with Crippen molar-refractivity contribution in [3.05, 3.63) is 35.6 Å². The molecule has 1 aliphatic carbocycles. The Balaban J connectivity index is 1.66. The fourth-order valence-electron chi connectivity index (χ4n) is 3.36. The van der Waals surface area contributed by atoms with Gasteiger partial charge in [0.2, 0.25) is 0 Å². The number of nitrogens with one attached hydrogen (secondary N) is 2. The third-order valence-electron chi connectivity index (χ3n) is 4.67. The van der Waals surface area contributed by atoms with Crippen molar-refractivity contribution in [2.45, 2.75) is 57.7 Å². The SMILES string of the molecule is Cc1c(C(C)NC(=O)NC2CCCCC2O)oc2ccccc12. The Morgan fingerprint density at radius 1 is 1.30 bits per heavy atom. The third kappa shape index (κ3) is 3.34. The Morgan fingerprint density at radius 3 is 2.78 bits per heavy atom. The Bertz CT molecular complexity index is 695. The second-order valence-corrected chi connectivity index (χ2v) is 6.39. The number of amides is 2. The second-order valence-electron chi connectivity index (χ2n) is 6.39. The predicted molar refractivity (Wildman–Crippen MR) is 89.3 cm³/mol. The summed E-state index contributed by atoms with van der Waals surface area (Å²) in [6, 6.07) is 7.20. The molecule has 5 nitrogen and oxygen atoms in total. The maximum Gasteiger partial charge on any atom is 0.315 e. The van der Waals surface area contributed by atoms with E-state index < -0.39 is 6.10 Å². The van der Waals surface area contributed by atoms with Gasteiger partial charge >= 0.3 is 6.03 Å².